The minimum absolute atomic E-state index is 0.0889. The summed E-state index contributed by atoms with van der Waals surface area (Å²) in [6.45, 7) is 1.13. The fourth-order valence-electron chi connectivity index (χ4n) is 3.13. The number of ketones is 1. The van der Waals surface area contributed by atoms with Gasteiger partial charge < -0.3 is 10.2 Å². The molecule has 1 N–H and O–H groups in total. The van der Waals surface area contributed by atoms with Crippen LogP contribution in [-0.4, -0.2) is 27.7 Å². The fraction of sp³-hybridized carbons (Fsp3) is 0.105. The summed E-state index contributed by atoms with van der Waals surface area (Å²) < 4.78 is 0. The van der Waals surface area contributed by atoms with Crippen molar-refractivity contribution in [2.24, 2.45) is 0 Å². The highest BCUT2D eigenvalue weighted by molar-refractivity contribution is 6.16. The van der Waals surface area contributed by atoms with Gasteiger partial charge in [-0.2, -0.15) is 0 Å². The Morgan fingerprint density at radius 2 is 1.82 bits per heavy atom. The van der Waals surface area contributed by atoms with E-state index in [1.54, 1.807) is 0 Å². The molecule has 2 aromatic carbocycles. The molecule has 0 unspecified atom stereocenters. The van der Waals surface area contributed by atoms with Gasteiger partial charge in [0.05, 0.1) is 16.5 Å². The van der Waals surface area contributed by atoms with Crippen molar-refractivity contribution in [2.75, 3.05) is 4.90 Å². The summed E-state index contributed by atoms with van der Waals surface area (Å²) in [6, 6.07) is 9.38. The van der Waals surface area contributed by atoms with E-state index in [2.05, 4.69) is 0 Å². The van der Waals surface area contributed by atoms with Crippen molar-refractivity contribution >= 4 is 29.0 Å². The lowest BCUT2D eigenvalue weighted by atomic mass is 9.96. The van der Waals surface area contributed by atoms with Gasteiger partial charge in [-0.15, -0.1) is 0 Å². The number of non-ortho nitro benzene ring substituents is 1. The Morgan fingerprint density at radius 1 is 1.14 bits per heavy atom. The highest BCUT2D eigenvalue weighted by atomic mass is 16.6. The van der Waals surface area contributed by atoms with Crippen LogP contribution in [0.15, 0.2) is 59.9 Å². The molecular weight excluding hydrogens is 368 g/mol. The van der Waals surface area contributed by atoms with Gasteiger partial charge in [-0.3, -0.25) is 24.6 Å². The van der Waals surface area contributed by atoms with Gasteiger partial charge in [0.25, 0.3) is 5.69 Å². The second-order valence-electron chi connectivity index (χ2n) is 6.08. The number of nitro groups is 1. The number of carboxylic acid groups (broad SMARTS) is 1. The molecule has 1 heterocycles. The van der Waals surface area contributed by atoms with Crippen molar-refractivity contribution in [3.05, 3.63) is 81.1 Å². The van der Waals surface area contributed by atoms with Crippen LogP contribution in [0.5, 0.6) is 0 Å². The van der Waals surface area contributed by atoms with Crippen molar-refractivity contribution < 1.29 is 29.5 Å². The first-order chi connectivity index (χ1) is 13.2. The van der Waals surface area contributed by atoms with Gasteiger partial charge in [0.2, 0.25) is 5.91 Å². The number of rotatable bonds is 5. The number of hydrogen-bond acceptors (Lipinski definition) is 6. The van der Waals surface area contributed by atoms with E-state index < -0.39 is 34.4 Å². The Balaban J connectivity index is 2.21. The third-order valence-corrected chi connectivity index (χ3v) is 4.34. The number of nitrogens with zero attached hydrogens (tertiary/aromatic N) is 2. The van der Waals surface area contributed by atoms with Crippen molar-refractivity contribution in [2.45, 2.75) is 13.0 Å². The van der Waals surface area contributed by atoms with Gasteiger partial charge in [-0.05, 0) is 36.4 Å². The molecule has 9 heteroatoms. The molecule has 1 aliphatic heterocycles. The Bertz CT molecular complexity index is 1060. The molecule has 0 saturated carbocycles. The summed E-state index contributed by atoms with van der Waals surface area (Å²) in [5.41, 5.74) is -0.435. The monoisotopic (exact) mass is 381 g/mol. The Hall–Kier alpha value is -4.01. The number of amides is 1. The first-order valence-corrected chi connectivity index (χ1v) is 8.05. The highest BCUT2D eigenvalue weighted by Crippen LogP contribution is 2.41. The average Bonchev–Trinajstić information content (AvgIpc) is 2.93. The van der Waals surface area contributed by atoms with Gasteiger partial charge in [-0.25, -0.2) is 4.79 Å². The maximum absolute atomic E-state index is 12.6. The average molecular weight is 381 g/mol. The van der Waals surface area contributed by atoms with Crippen molar-refractivity contribution in [1.29, 1.82) is 0 Å². The highest BCUT2D eigenvalue weighted by Gasteiger charge is 2.39. The third-order valence-electron chi connectivity index (χ3n) is 4.34. The number of benzene rings is 2. The lowest BCUT2D eigenvalue weighted by molar-refractivity contribution is -0.384. The Labute approximate surface area is 158 Å². The zero-order chi connectivity index (χ0) is 20.6. The SMILES string of the molecule is CC(=O)C1=C([O-])C(=O)N(c2cccc(C(=O)O)c2)[C@H]1c1cccc([N+](=O)[O-])c1. The minimum Gasteiger partial charge on any atom is -0.868 e. The second kappa shape index (κ2) is 6.95. The topological polar surface area (TPSA) is 141 Å². The van der Waals surface area contributed by atoms with Crippen LogP contribution in [0.3, 0.4) is 0 Å². The molecule has 0 fully saturated rings. The van der Waals surface area contributed by atoms with Crippen LogP contribution < -0.4 is 10.0 Å². The number of Topliss-reactive ketones (excluding diaryl/α,β-unsaturated/α-hetero) is 1. The minimum atomic E-state index is -1.23. The molecule has 0 aliphatic carbocycles. The van der Waals surface area contributed by atoms with Gasteiger partial charge >= 0.3 is 5.97 Å². The number of aromatic carboxylic acids is 1. The third kappa shape index (κ3) is 3.09. The molecule has 142 valence electrons. The molecule has 0 aromatic heterocycles. The quantitative estimate of drug-likeness (QED) is 0.612. The molecule has 1 atom stereocenters. The molecule has 0 saturated heterocycles. The Kier molecular flexibility index (Phi) is 4.66. The molecule has 28 heavy (non-hydrogen) atoms. The zero-order valence-corrected chi connectivity index (χ0v) is 14.5. The molecule has 1 aliphatic rings. The number of hydrogen-bond donors (Lipinski definition) is 1. The van der Waals surface area contributed by atoms with E-state index in [4.69, 9.17) is 0 Å². The smallest absolute Gasteiger partial charge is 0.335 e. The predicted molar refractivity (Wildman–Crippen MR) is 94.4 cm³/mol. The first kappa shape index (κ1) is 18.8. The van der Waals surface area contributed by atoms with Crippen LogP contribution in [0.4, 0.5) is 11.4 Å². The van der Waals surface area contributed by atoms with Crippen molar-refractivity contribution in [3.8, 4) is 0 Å². The Morgan fingerprint density at radius 3 is 2.43 bits per heavy atom. The number of anilines is 1. The van der Waals surface area contributed by atoms with Gasteiger partial charge in [-0.1, -0.05) is 18.2 Å². The molecule has 0 radical (unpaired) electrons. The van der Waals surface area contributed by atoms with E-state index in [1.165, 1.54) is 48.5 Å². The van der Waals surface area contributed by atoms with Gasteiger partial charge in [0.1, 0.15) is 0 Å². The molecule has 3 rings (SSSR count). The summed E-state index contributed by atoms with van der Waals surface area (Å²) in [4.78, 5) is 47.4. The summed E-state index contributed by atoms with van der Waals surface area (Å²) in [5.74, 6) is -3.91. The van der Waals surface area contributed by atoms with Crippen molar-refractivity contribution in [3.63, 3.8) is 0 Å². The molecule has 9 nitrogen and oxygen atoms in total. The zero-order valence-electron chi connectivity index (χ0n) is 14.5. The number of carbonyl (C=O) groups is 3. The largest absolute Gasteiger partial charge is 0.868 e. The maximum Gasteiger partial charge on any atom is 0.335 e. The number of carbonyl (C=O) groups excluding carboxylic acids is 2. The molecule has 2 aromatic rings. The molecule has 0 bridgehead atoms. The van der Waals surface area contributed by atoms with Crippen LogP contribution in [0, 0.1) is 10.1 Å². The standard InChI is InChI=1S/C19H14N2O7/c1-10(22)15-16(11-4-2-7-14(8-11)21(27)28)20(18(24)17(15)23)13-6-3-5-12(9-13)19(25)26/h2-9,16,23H,1H3,(H,25,26)/p-1/t16-/m0/s1. The summed E-state index contributed by atoms with van der Waals surface area (Å²) in [6.07, 6.45) is 0. The molecular formula is C19H13N2O7-. The maximum atomic E-state index is 12.6. The second-order valence-corrected chi connectivity index (χ2v) is 6.08. The van der Waals surface area contributed by atoms with Gasteiger partial charge in [0, 0.05) is 23.4 Å². The molecule has 0 spiro atoms. The van der Waals surface area contributed by atoms with E-state index >= 15 is 0 Å². The lowest BCUT2D eigenvalue weighted by Gasteiger charge is -2.27. The van der Waals surface area contributed by atoms with Crippen LogP contribution in [0.25, 0.3) is 0 Å². The predicted octanol–water partition coefficient (Wildman–Crippen LogP) is 1.58. The number of nitro benzene ring substituents is 1. The summed E-state index contributed by atoms with van der Waals surface area (Å²) >= 11 is 0. The van der Waals surface area contributed by atoms with Crippen LogP contribution in [0.2, 0.25) is 0 Å². The van der Waals surface area contributed by atoms with E-state index in [-0.39, 0.29) is 28.1 Å². The first-order valence-electron chi connectivity index (χ1n) is 8.05. The van der Waals surface area contributed by atoms with E-state index in [0.717, 1.165) is 11.8 Å². The van der Waals surface area contributed by atoms with Crippen LogP contribution in [0.1, 0.15) is 28.9 Å². The fourth-order valence-corrected chi connectivity index (χ4v) is 3.13. The van der Waals surface area contributed by atoms with E-state index in [1.807, 2.05) is 0 Å². The van der Waals surface area contributed by atoms with Crippen molar-refractivity contribution in [1.82, 2.24) is 0 Å². The van der Waals surface area contributed by atoms with Crippen LogP contribution >= 0.6 is 0 Å². The van der Waals surface area contributed by atoms with Gasteiger partial charge in [0.15, 0.2) is 5.78 Å². The van der Waals surface area contributed by atoms with E-state index in [9.17, 15) is 34.7 Å². The summed E-state index contributed by atoms with van der Waals surface area (Å²) in [7, 11) is 0. The lowest BCUT2D eigenvalue weighted by Crippen LogP contribution is -2.32. The van der Waals surface area contributed by atoms with Crippen LogP contribution in [-0.2, 0) is 9.59 Å². The number of carboxylic acids is 1. The normalized spacial score (nSPS) is 16.4. The van der Waals surface area contributed by atoms with E-state index in [0.29, 0.717) is 0 Å². The summed E-state index contributed by atoms with van der Waals surface area (Å²) in [5, 5.41) is 32.7. The molecule has 1 amide bonds.